The third-order valence-electron chi connectivity index (χ3n) is 3.53. The summed E-state index contributed by atoms with van der Waals surface area (Å²) in [5.41, 5.74) is 0.935. The molecule has 0 radical (unpaired) electrons. The Balaban J connectivity index is 1.99. The first kappa shape index (κ1) is 12.6. The highest BCUT2D eigenvalue weighted by Gasteiger charge is 2.26. The van der Waals surface area contributed by atoms with Crippen molar-refractivity contribution in [2.45, 2.75) is 51.8 Å². The summed E-state index contributed by atoms with van der Waals surface area (Å²) in [7, 11) is 0. The van der Waals surface area contributed by atoms with Crippen LogP contribution in [0.1, 0.15) is 44.8 Å². The molecule has 4 heteroatoms. The molecule has 17 heavy (non-hydrogen) atoms. The van der Waals surface area contributed by atoms with Gasteiger partial charge in [-0.2, -0.15) is 5.10 Å². The summed E-state index contributed by atoms with van der Waals surface area (Å²) in [6.45, 7) is 6.30. The highest BCUT2D eigenvalue weighted by Crippen LogP contribution is 2.25. The van der Waals surface area contributed by atoms with Crippen LogP contribution in [0.15, 0.2) is 12.4 Å². The van der Waals surface area contributed by atoms with Crippen molar-refractivity contribution in [1.29, 1.82) is 0 Å². The summed E-state index contributed by atoms with van der Waals surface area (Å²) < 4.78 is 1.91. The van der Waals surface area contributed by atoms with E-state index in [4.69, 9.17) is 0 Å². The second kappa shape index (κ2) is 5.65. The summed E-state index contributed by atoms with van der Waals surface area (Å²) >= 11 is 0. The molecular weight excluding hydrogens is 214 g/mol. The summed E-state index contributed by atoms with van der Waals surface area (Å²) in [4.78, 5) is 0. The van der Waals surface area contributed by atoms with Crippen molar-refractivity contribution < 1.29 is 5.11 Å². The number of aliphatic hydroxyl groups excluding tert-OH is 1. The predicted molar refractivity (Wildman–Crippen MR) is 67.7 cm³/mol. The Labute approximate surface area is 103 Å². The summed E-state index contributed by atoms with van der Waals surface area (Å²) in [6, 6.07) is 0.179. The SMILES string of the molecule is CCCn1cc(C(O)C2CC(C)CCN2)cn1. The Morgan fingerprint density at radius 1 is 1.65 bits per heavy atom. The smallest absolute Gasteiger partial charge is 0.0973 e. The van der Waals surface area contributed by atoms with Crippen LogP contribution < -0.4 is 5.32 Å². The third kappa shape index (κ3) is 3.07. The van der Waals surface area contributed by atoms with E-state index in [1.54, 1.807) is 6.20 Å². The zero-order chi connectivity index (χ0) is 12.3. The number of hydrogen-bond acceptors (Lipinski definition) is 3. The van der Waals surface area contributed by atoms with Gasteiger partial charge in [-0.1, -0.05) is 13.8 Å². The molecular formula is C13H23N3O. The van der Waals surface area contributed by atoms with Gasteiger partial charge in [-0.3, -0.25) is 4.68 Å². The standard InChI is InChI=1S/C13H23N3O/c1-3-6-16-9-11(8-15-16)13(17)12-7-10(2)4-5-14-12/h8-10,12-14,17H,3-7H2,1-2H3. The monoisotopic (exact) mass is 237 g/mol. The van der Waals surface area contributed by atoms with E-state index in [0.29, 0.717) is 5.92 Å². The van der Waals surface area contributed by atoms with Gasteiger partial charge < -0.3 is 10.4 Å². The largest absolute Gasteiger partial charge is 0.387 e. The van der Waals surface area contributed by atoms with Crippen molar-refractivity contribution >= 4 is 0 Å². The zero-order valence-electron chi connectivity index (χ0n) is 10.8. The molecule has 1 fully saturated rings. The highest BCUT2D eigenvalue weighted by atomic mass is 16.3. The Morgan fingerprint density at radius 2 is 2.47 bits per heavy atom. The first-order valence-corrected chi connectivity index (χ1v) is 6.64. The van der Waals surface area contributed by atoms with Crippen molar-refractivity contribution in [2.75, 3.05) is 6.54 Å². The summed E-state index contributed by atoms with van der Waals surface area (Å²) in [5.74, 6) is 0.696. The summed E-state index contributed by atoms with van der Waals surface area (Å²) in [6.07, 6.45) is 6.65. The lowest BCUT2D eigenvalue weighted by molar-refractivity contribution is 0.101. The molecule has 1 aliphatic rings. The minimum absolute atomic E-state index is 0.179. The molecule has 1 saturated heterocycles. The van der Waals surface area contributed by atoms with E-state index in [-0.39, 0.29) is 6.04 Å². The summed E-state index contributed by atoms with van der Waals surface area (Å²) in [5, 5.41) is 18.0. The van der Waals surface area contributed by atoms with Crippen LogP contribution in [0.2, 0.25) is 0 Å². The molecule has 1 aliphatic heterocycles. The maximum atomic E-state index is 10.3. The van der Waals surface area contributed by atoms with E-state index < -0.39 is 6.10 Å². The van der Waals surface area contributed by atoms with E-state index >= 15 is 0 Å². The van der Waals surface area contributed by atoms with Gasteiger partial charge in [0.05, 0.1) is 12.3 Å². The van der Waals surface area contributed by atoms with Gasteiger partial charge in [0.25, 0.3) is 0 Å². The van der Waals surface area contributed by atoms with Crippen LogP contribution in [-0.2, 0) is 6.54 Å². The Bertz CT molecular complexity index is 350. The fraction of sp³-hybridized carbons (Fsp3) is 0.769. The second-order valence-corrected chi connectivity index (χ2v) is 5.17. The van der Waals surface area contributed by atoms with Crippen molar-refractivity contribution in [2.24, 2.45) is 5.92 Å². The molecule has 4 nitrogen and oxygen atoms in total. The first-order valence-electron chi connectivity index (χ1n) is 6.64. The lowest BCUT2D eigenvalue weighted by Crippen LogP contribution is -2.41. The Hall–Kier alpha value is -0.870. The van der Waals surface area contributed by atoms with E-state index in [1.165, 1.54) is 6.42 Å². The number of hydrogen-bond donors (Lipinski definition) is 2. The van der Waals surface area contributed by atoms with Crippen molar-refractivity contribution in [3.05, 3.63) is 18.0 Å². The number of aromatic nitrogens is 2. The number of nitrogens with one attached hydrogen (secondary N) is 1. The van der Waals surface area contributed by atoms with E-state index in [9.17, 15) is 5.11 Å². The quantitative estimate of drug-likeness (QED) is 0.838. The Morgan fingerprint density at radius 3 is 3.18 bits per heavy atom. The molecule has 0 aromatic carbocycles. The lowest BCUT2D eigenvalue weighted by Gasteiger charge is -2.31. The fourth-order valence-electron chi connectivity index (χ4n) is 2.51. The van der Waals surface area contributed by atoms with Crippen LogP contribution in [0.5, 0.6) is 0 Å². The lowest BCUT2D eigenvalue weighted by atomic mass is 9.89. The molecule has 3 unspecified atom stereocenters. The van der Waals surface area contributed by atoms with E-state index in [2.05, 4.69) is 24.3 Å². The molecule has 2 N–H and O–H groups in total. The van der Waals surface area contributed by atoms with Crippen LogP contribution >= 0.6 is 0 Å². The molecule has 1 aromatic rings. The Kier molecular flexibility index (Phi) is 4.18. The molecule has 1 aromatic heterocycles. The zero-order valence-corrected chi connectivity index (χ0v) is 10.8. The van der Waals surface area contributed by atoms with Gasteiger partial charge in [-0.25, -0.2) is 0 Å². The van der Waals surface area contributed by atoms with Gasteiger partial charge in [0, 0.05) is 24.3 Å². The topological polar surface area (TPSA) is 50.1 Å². The number of aliphatic hydroxyl groups is 1. The molecule has 0 aliphatic carbocycles. The second-order valence-electron chi connectivity index (χ2n) is 5.17. The maximum absolute atomic E-state index is 10.3. The average molecular weight is 237 g/mol. The van der Waals surface area contributed by atoms with E-state index in [0.717, 1.165) is 31.5 Å². The van der Waals surface area contributed by atoms with Gasteiger partial charge >= 0.3 is 0 Å². The molecule has 0 bridgehead atoms. The number of aryl methyl sites for hydroxylation is 1. The number of piperidine rings is 1. The van der Waals surface area contributed by atoms with Gasteiger partial charge in [0.1, 0.15) is 0 Å². The van der Waals surface area contributed by atoms with Gasteiger partial charge in [0.2, 0.25) is 0 Å². The molecule has 0 saturated carbocycles. The minimum atomic E-state index is -0.427. The average Bonchev–Trinajstić information content (AvgIpc) is 2.77. The molecule has 96 valence electrons. The molecule has 2 rings (SSSR count). The van der Waals surface area contributed by atoms with E-state index in [1.807, 2.05) is 10.9 Å². The number of rotatable bonds is 4. The van der Waals surface area contributed by atoms with Crippen LogP contribution in [0, 0.1) is 5.92 Å². The van der Waals surface area contributed by atoms with Gasteiger partial charge in [-0.05, 0) is 31.7 Å². The van der Waals surface area contributed by atoms with Crippen molar-refractivity contribution in [3.63, 3.8) is 0 Å². The third-order valence-corrected chi connectivity index (χ3v) is 3.53. The molecule has 0 spiro atoms. The van der Waals surface area contributed by atoms with Crippen LogP contribution in [0.4, 0.5) is 0 Å². The van der Waals surface area contributed by atoms with Crippen LogP contribution in [-0.4, -0.2) is 27.5 Å². The number of nitrogens with zero attached hydrogens (tertiary/aromatic N) is 2. The van der Waals surface area contributed by atoms with Crippen LogP contribution in [0.25, 0.3) is 0 Å². The minimum Gasteiger partial charge on any atom is -0.387 e. The normalized spacial score (nSPS) is 27.0. The van der Waals surface area contributed by atoms with Gasteiger partial charge in [-0.15, -0.1) is 0 Å². The maximum Gasteiger partial charge on any atom is 0.0973 e. The van der Waals surface area contributed by atoms with Crippen LogP contribution in [0.3, 0.4) is 0 Å². The predicted octanol–water partition coefficient (Wildman–Crippen LogP) is 1.71. The van der Waals surface area contributed by atoms with Crippen molar-refractivity contribution in [3.8, 4) is 0 Å². The molecule has 3 atom stereocenters. The first-order chi connectivity index (χ1) is 8.20. The van der Waals surface area contributed by atoms with Crippen molar-refractivity contribution in [1.82, 2.24) is 15.1 Å². The molecule has 0 amide bonds. The fourth-order valence-corrected chi connectivity index (χ4v) is 2.51. The van der Waals surface area contributed by atoms with Gasteiger partial charge in [0.15, 0.2) is 0 Å². The highest BCUT2D eigenvalue weighted by molar-refractivity contribution is 5.11. The molecule has 2 heterocycles.